The van der Waals surface area contributed by atoms with Gasteiger partial charge in [0.2, 0.25) is 0 Å². The number of H-pyrrole nitrogens is 1. The second-order valence-electron chi connectivity index (χ2n) is 8.29. The molecule has 38 heavy (non-hydrogen) atoms. The first kappa shape index (κ1) is 27.6. The zero-order chi connectivity index (χ0) is 27.4. The molecular formula is C26H20Cl3FN4O4. The van der Waals surface area contributed by atoms with E-state index in [1.165, 1.54) is 29.3 Å². The molecule has 0 saturated carbocycles. The number of aliphatic hydroxyl groups excluding tert-OH is 1. The average Bonchev–Trinajstić information content (AvgIpc) is 3.38. The molecule has 0 aliphatic heterocycles. The fourth-order valence-corrected chi connectivity index (χ4v) is 4.20. The van der Waals surface area contributed by atoms with Crippen LogP contribution in [-0.2, 0) is 11.3 Å². The van der Waals surface area contributed by atoms with E-state index in [-0.39, 0.29) is 12.2 Å². The standard InChI is InChI=1S/C26H20Cl3FN4O4/c27-16-5-7-20(29)19(10-16)22-11-23(32-31-22)25(36)33-34(13-24(35)26(37)38)12-14-1-3-15(4-2-14)18-9-17(28)6-8-21(18)30/h1-11,24,35H,12-13H2,(H,31,32)(H,33,36)(H,37,38). The molecule has 3 aromatic carbocycles. The van der Waals surface area contributed by atoms with Crippen LogP contribution >= 0.6 is 34.8 Å². The van der Waals surface area contributed by atoms with Crippen molar-refractivity contribution in [3.8, 4) is 22.4 Å². The lowest BCUT2D eigenvalue weighted by Crippen LogP contribution is -2.47. The first-order valence-electron chi connectivity index (χ1n) is 11.1. The monoisotopic (exact) mass is 576 g/mol. The van der Waals surface area contributed by atoms with E-state index in [9.17, 15) is 19.1 Å². The number of carbonyl (C=O) groups is 2. The van der Waals surface area contributed by atoms with Crippen molar-refractivity contribution in [3.05, 3.63) is 98.9 Å². The largest absolute Gasteiger partial charge is 0.479 e. The van der Waals surface area contributed by atoms with Gasteiger partial charge in [-0.3, -0.25) is 15.3 Å². The number of amides is 1. The fraction of sp³-hybridized carbons (Fsp3) is 0.115. The molecule has 0 fully saturated rings. The van der Waals surface area contributed by atoms with E-state index in [2.05, 4.69) is 15.6 Å². The van der Waals surface area contributed by atoms with Gasteiger partial charge in [-0.25, -0.2) is 14.2 Å². The summed E-state index contributed by atoms with van der Waals surface area (Å²) in [6, 6.07) is 17.3. The number of carboxylic acid groups (broad SMARTS) is 1. The maximum Gasteiger partial charge on any atom is 0.333 e. The van der Waals surface area contributed by atoms with Crippen molar-refractivity contribution >= 4 is 46.7 Å². The predicted octanol–water partition coefficient (Wildman–Crippen LogP) is 5.44. The number of nitrogens with zero attached hydrogens (tertiary/aromatic N) is 2. The Hall–Kier alpha value is -3.47. The summed E-state index contributed by atoms with van der Waals surface area (Å²) in [6.07, 6.45) is -1.77. The van der Waals surface area contributed by atoms with Crippen LogP contribution in [0.4, 0.5) is 4.39 Å². The lowest BCUT2D eigenvalue weighted by molar-refractivity contribution is -0.148. The lowest BCUT2D eigenvalue weighted by Gasteiger charge is -2.24. The van der Waals surface area contributed by atoms with Crippen LogP contribution in [0.25, 0.3) is 22.4 Å². The second-order valence-corrected chi connectivity index (χ2v) is 9.57. The molecule has 1 amide bonds. The molecule has 4 aromatic rings. The molecule has 1 heterocycles. The number of carbonyl (C=O) groups excluding carboxylic acids is 1. The summed E-state index contributed by atoms with van der Waals surface area (Å²) >= 11 is 18.2. The third-order valence-electron chi connectivity index (χ3n) is 5.53. The minimum Gasteiger partial charge on any atom is -0.479 e. The summed E-state index contributed by atoms with van der Waals surface area (Å²) in [5.74, 6) is -2.51. The van der Waals surface area contributed by atoms with Crippen molar-refractivity contribution in [2.75, 3.05) is 6.54 Å². The van der Waals surface area contributed by atoms with Crippen LogP contribution in [0, 0.1) is 5.82 Å². The summed E-state index contributed by atoms with van der Waals surface area (Å²) in [4.78, 5) is 24.2. The van der Waals surface area contributed by atoms with Gasteiger partial charge in [-0.2, -0.15) is 5.10 Å². The highest BCUT2D eigenvalue weighted by molar-refractivity contribution is 6.35. The smallest absolute Gasteiger partial charge is 0.333 e. The Balaban J connectivity index is 1.52. The van der Waals surface area contributed by atoms with Crippen LogP contribution in [0.1, 0.15) is 16.1 Å². The molecule has 12 heteroatoms. The molecule has 0 spiro atoms. The highest BCUT2D eigenvalue weighted by atomic mass is 35.5. The maximum absolute atomic E-state index is 14.2. The number of aromatic amines is 1. The first-order chi connectivity index (χ1) is 18.1. The number of benzene rings is 3. The number of aliphatic hydroxyl groups is 1. The summed E-state index contributed by atoms with van der Waals surface area (Å²) < 4.78 is 14.2. The Kier molecular flexibility index (Phi) is 8.65. The van der Waals surface area contributed by atoms with Gasteiger partial charge in [-0.15, -0.1) is 0 Å². The van der Waals surface area contributed by atoms with E-state index in [0.29, 0.717) is 43.0 Å². The Bertz CT molecular complexity index is 1480. The number of halogens is 4. The van der Waals surface area contributed by atoms with Crippen molar-refractivity contribution in [1.29, 1.82) is 0 Å². The lowest BCUT2D eigenvalue weighted by atomic mass is 10.0. The van der Waals surface area contributed by atoms with Crippen molar-refractivity contribution in [1.82, 2.24) is 20.6 Å². The highest BCUT2D eigenvalue weighted by Crippen LogP contribution is 2.30. The van der Waals surface area contributed by atoms with Gasteiger partial charge in [0.25, 0.3) is 5.91 Å². The minimum absolute atomic E-state index is 0.0372. The van der Waals surface area contributed by atoms with Gasteiger partial charge in [0.1, 0.15) is 11.5 Å². The van der Waals surface area contributed by atoms with E-state index < -0.39 is 30.3 Å². The van der Waals surface area contributed by atoms with E-state index in [0.717, 1.165) is 0 Å². The van der Waals surface area contributed by atoms with Crippen LogP contribution in [0.2, 0.25) is 15.1 Å². The van der Waals surface area contributed by atoms with E-state index in [4.69, 9.17) is 39.9 Å². The maximum atomic E-state index is 14.2. The zero-order valence-corrected chi connectivity index (χ0v) is 21.7. The third-order valence-corrected chi connectivity index (χ3v) is 6.33. The number of aliphatic carboxylic acids is 1. The summed E-state index contributed by atoms with van der Waals surface area (Å²) in [5, 5.41) is 28.3. The Morgan fingerprint density at radius 1 is 0.974 bits per heavy atom. The number of hydrogen-bond donors (Lipinski definition) is 4. The van der Waals surface area contributed by atoms with E-state index in [1.807, 2.05) is 0 Å². The molecule has 0 radical (unpaired) electrons. The zero-order valence-electron chi connectivity index (χ0n) is 19.5. The minimum atomic E-state index is -1.77. The van der Waals surface area contributed by atoms with Crippen molar-refractivity contribution < 1.29 is 24.2 Å². The molecule has 0 bridgehead atoms. The van der Waals surface area contributed by atoms with Crippen LogP contribution < -0.4 is 5.43 Å². The molecule has 1 atom stereocenters. The number of hydrogen-bond acceptors (Lipinski definition) is 5. The second kappa shape index (κ2) is 11.9. The molecule has 0 aliphatic rings. The number of nitrogens with one attached hydrogen (secondary N) is 2. The Labute approximate surface area is 231 Å². The van der Waals surface area contributed by atoms with Gasteiger partial charge in [0.05, 0.1) is 17.3 Å². The van der Waals surface area contributed by atoms with Crippen LogP contribution in [0.15, 0.2) is 66.7 Å². The molecule has 1 aromatic heterocycles. The van der Waals surface area contributed by atoms with E-state index >= 15 is 0 Å². The molecule has 0 aliphatic carbocycles. The molecule has 196 valence electrons. The summed E-state index contributed by atoms with van der Waals surface area (Å²) in [6.45, 7) is -0.373. The molecule has 4 N–H and O–H groups in total. The summed E-state index contributed by atoms with van der Waals surface area (Å²) in [7, 11) is 0. The Morgan fingerprint density at radius 3 is 2.32 bits per heavy atom. The van der Waals surface area contributed by atoms with Gasteiger partial charge in [0.15, 0.2) is 6.10 Å². The van der Waals surface area contributed by atoms with Crippen molar-refractivity contribution in [2.24, 2.45) is 0 Å². The van der Waals surface area contributed by atoms with Crippen LogP contribution in [0.3, 0.4) is 0 Å². The quantitative estimate of drug-likeness (QED) is 0.197. The number of aromatic nitrogens is 2. The van der Waals surface area contributed by atoms with Gasteiger partial charge in [-0.1, -0.05) is 59.1 Å². The van der Waals surface area contributed by atoms with Gasteiger partial charge in [0, 0.05) is 27.7 Å². The van der Waals surface area contributed by atoms with Crippen molar-refractivity contribution in [2.45, 2.75) is 12.6 Å². The van der Waals surface area contributed by atoms with Crippen LogP contribution in [-0.4, -0.2) is 49.9 Å². The molecule has 8 nitrogen and oxygen atoms in total. The molecule has 1 unspecified atom stereocenters. The number of carboxylic acids is 1. The van der Waals surface area contributed by atoms with Crippen molar-refractivity contribution in [3.63, 3.8) is 0 Å². The normalized spacial score (nSPS) is 11.9. The first-order valence-corrected chi connectivity index (χ1v) is 12.3. The third kappa shape index (κ3) is 6.69. The SMILES string of the molecule is O=C(NN(Cc1ccc(-c2cc(Cl)ccc2F)cc1)CC(O)C(=O)O)c1cc(-c2cc(Cl)ccc2Cl)n[nH]1. The highest BCUT2D eigenvalue weighted by Gasteiger charge is 2.22. The molecular weight excluding hydrogens is 558 g/mol. The fourth-order valence-electron chi connectivity index (χ4n) is 3.64. The summed E-state index contributed by atoms with van der Waals surface area (Å²) in [5.41, 5.74) is 5.11. The number of hydrazine groups is 1. The Morgan fingerprint density at radius 2 is 1.63 bits per heavy atom. The van der Waals surface area contributed by atoms with Crippen LogP contribution in [0.5, 0.6) is 0 Å². The molecule has 0 saturated heterocycles. The predicted molar refractivity (Wildman–Crippen MR) is 142 cm³/mol. The average molecular weight is 578 g/mol. The molecule has 4 rings (SSSR count). The van der Waals surface area contributed by atoms with Gasteiger partial charge in [-0.05, 0) is 53.6 Å². The number of rotatable bonds is 9. The topological polar surface area (TPSA) is 119 Å². The van der Waals surface area contributed by atoms with Gasteiger partial charge >= 0.3 is 5.97 Å². The van der Waals surface area contributed by atoms with Gasteiger partial charge < -0.3 is 10.2 Å². The van der Waals surface area contributed by atoms with E-state index in [1.54, 1.807) is 42.5 Å².